The zero-order valence-electron chi connectivity index (χ0n) is 9.84. The molecule has 0 amide bonds. The van der Waals surface area contributed by atoms with E-state index in [1.54, 1.807) is 0 Å². The van der Waals surface area contributed by atoms with Crippen molar-refractivity contribution >= 4 is 0 Å². The van der Waals surface area contributed by atoms with Gasteiger partial charge in [-0.1, -0.05) is 53.4 Å². The molecule has 0 heteroatoms. The van der Waals surface area contributed by atoms with Crippen molar-refractivity contribution in [2.75, 3.05) is 0 Å². The Morgan fingerprint density at radius 2 is 1.92 bits per heavy atom. The second kappa shape index (κ2) is 5.02. The molecule has 78 valence electrons. The molecule has 0 aromatic carbocycles. The smallest absolute Gasteiger partial charge is 0.0357 e. The summed E-state index contributed by atoms with van der Waals surface area (Å²) in [6, 6.07) is 0. The van der Waals surface area contributed by atoms with Crippen LogP contribution in [0, 0.1) is 23.7 Å². The van der Waals surface area contributed by atoms with Crippen molar-refractivity contribution in [2.24, 2.45) is 23.7 Å². The molecule has 0 saturated heterocycles. The van der Waals surface area contributed by atoms with E-state index in [1.807, 2.05) is 0 Å². The minimum absolute atomic E-state index is 0.992. The molecule has 0 spiro atoms. The lowest BCUT2D eigenvalue weighted by atomic mass is 9.83. The first-order chi connectivity index (χ1) is 6.20. The van der Waals surface area contributed by atoms with Crippen LogP contribution >= 0.6 is 0 Å². The molecule has 0 heterocycles. The lowest BCUT2D eigenvalue weighted by Crippen LogP contribution is -2.13. The summed E-state index contributed by atoms with van der Waals surface area (Å²) in [7, 11) is 0. The lowest BCUT2D eigenvalue weighted by Gasteiger charge is -2.22. The predicted octanol–water partition coefficient (Wildman–Crippen LogP) is 4.49. The molecule has 4 atom stereocenters. The zero-order valence-corrected chi connectivity index (χ0v) is 9.84. The van der Waals surface area contributed by atoms with E-state index >= 15 is 0 Å². The van der Waals surface area contributed by atoms with E-state index in [0.29, 0.717) is 0 Å². The standard InChI is InChI=1S/C13H26/c1-5-7-8-12(6-2)11(4)13-9-10(13)3/h10-13H,5-9H2,1-4H3. The topological polar surface area (TPSA) is 0 Å². The van der Waals surface area contributed by atoms with Crippen LogP contribution in [0.3, 0.4) is 0 Å². The van der Waals surface area contributed by atoms with E-state index in [2.05, 4.69) is 27.7 Å². The molecule has 0 nitrogen and oxygen atoms in total. The first kappa shape index (κ1) is 11.1. The van der Waals surface area contributed by atoms with Crippen LogP contribution in [0.4, 0.5) is 0 Å². The summed E-state index contributed by atoms with van der Waals surface area (Å²) in [6.07, 6.45) is 7.17. The molecule has 1 saturated carbocycles. The third kappa shape index (κ3) is 3.00. The largest absolute Gasteiger partial charge is 0.0654 e. The predicted molar refractivity (Wildman–Crippen MR) is 59.7 cm³/mol. The quantitative estimate of drug-likeness (QED) is 0.567. The van der Waals surface area contributed by atoms with Crippen molar-refractivity contribution in [3.63, 3.8) is 0 Å². The molecular weight excluding hydrogens is 156 g/mol. The summed E-state index contributed by atoms with van der Waals surface area (Å²) >= 11 is 0. The van der Waals surface area contributed by atoms with Gasteiger partial charge in [0.1, 0.15) is 0 Å². The molecule has 0 aromatic heterocycles. The Bertz CT molecular complexity index is 139. The van der Waals surface area contributed by atoms with Crippen LogP contribution in [0.1, 0.15) is 59.8 Å². The molecular formula is C13H26. The van der Waals surface area contributed by atoms with E-state index in [4.69, 9.17) is 0 Å². The first-order valence-electron chi connectivity index (χ1n) is 6.20. The third-order valence-corrected chi connectivity index (χ3v) is 4.04. The molecule has 4 unspecified atom stereocenters. The minimum Gasteiger partial charge on any atom is -0.0654 e. The highest BCUT2D eigenvalue weighted by molar-refractivity contribution is 4.88. The highest BCUT2D eigenvalue weighted by atomic mass is 14.4. The Kier molecular flexibility index (Phi) is 4.28. The molecule has 0 aromatic rings. The molecule has 1 aliphatic rings. The van der Waals surface area contributed by atoms with Gasteiger partial charge in [0.2, 0.25) is 0 Å². The fourth-order valence-electron chi connectivity index (χ4n) is 2.74. The van der Waals surface area contributed by atoms with Crippen molar-refractivity contribution in [1.29, 1.82) is 0 Å². The van der Waals surface area contributed by atoms with Crippen LogP contribution in [-0.4, -0.2) is 0 Å². The van der Waals surface area contributed by atoms with E-state index < -0.39 is 0 Å². The summed E-state index contributed by atoms with van der Waals surface area (Å²) in [5.74, 6) is 4.11. The molecule has 1 fully saturated rings. The van der Waals surface area contributed by atoms with Gasteiger partial charge >= 0.3 is 0 Å². The van der Waals surface area contributed by atoms with E-state index in [0.717, 1.165) is 23.7 Å². The lowest BCUT2D eigenvalue weighted by molar-refractivity contribution is 0.279. The number of hydrogen-bond acceptors (Lipinski definition) is 0. The highest BCUT2D eigenvalue weighted by Gasteiger charge is 2.39. The van der Waals surface area contributed by atoms with Gasteiger partial charge in [-0.05, 0) is 30.1 Å². The second-order valence-corrected chi connectivity index (χ2v) is 5.05. The fourth-order valence-corrected chi connectivity index (χ4v) is 2.74. The van der Waals surface area contributed by atoms with E-state index in [1.165, 1.54) is 32.1 Å². The van der Waals surface area contributed by atoms with Crippen molar-refractivity contribution in [2.45, 2.75) is 59.8 Å². The summed E-state index contributed by atoms with van der Waals surface area (Å²) < 4.78 is 0. The maximum absolute atomic E-state index is 2.48. The molecule has 0 N–H and O–H groups in total. The number of unbranched alkanes of at least 4 members (excludes halogenated alkanes) is 1. The molecule has 0 aliphatic heterocycles. The van der Waals surface area contributed by atoms with E-state index in [-0.39, 0.29) is 0 Å². The Labute approximate surface area is 84.1 Å². The maximum atomic E-state index is 2.48. The van der Waals surface area contributed by atoms with Gasteiger partial charge in [-0.25, -0.2) is 0 Å². The minimum atomic E-state index is 0.992. The van der Waals surface area contributed by atoms with Gasteiger partial charge in [0, 0.05) is 0 Å². The number of rotatable bonds is 6. The first-order valence-corrected chi connectivity index (χ1v) is 6.20. The van der Waals surface area contributed by atoms with Crippen LogP contribution in [-0.2, 0) is 0 Å². The highest BCUT2D eigenvalue weighted by Crippen LogP contribution is 2.47. The zero-order chi connectivity index (χ0) is 9.84. The van der Waals surface area contributed by atoms with Crippen LogP contribution < -0.4 is 0 Å². The van der Waals surface area contributed by atoms with Crippen molar-refractivity contribution in [1.82, 2.24) is 0 Å². The van der Waals surface area contributed by atoms with Crippen LogP contribution in [0.2, 0.25) is 0 Å². The average Bonchev–Trinajstić information content (AvgIpc) is 2.84. The number of hydrogen-bond donors (Lipinski definition) is 0. The van der Waals surface area contributed by atoms with Crippen molar-refractivity contribution in [3.8, 4) is 0 Å². The van der Waals surface area contributed by atoms with Crippen LogP contribution in [0.15, 0.2) is 0 Å². The Hall–Kier alpha value is 0. The SMILES string of the molecule is CCCCC(CC)C(C)C1CC1C. The van der Waals surface area contributed by atoms with Crippen molar-refractivity contribution in [3.05, 3.63) is 0 Å². The molecule has 1 rings (SSSR count). The van der Waals surface area contributed by atoms with E-state index in [9.17, 15) is 0 Å². The molecule has 0 radical (unpaired) electrons. The normalized spacial score (nSPS) is 31.4. The van der Waals surface area contributed by atoms with Gasteiger partial charge in [-0.15, -0.1) is 0 Å². The second-order valence-electron chi connectivity index (χ2n) is 5.05. The van der Waals surface area contributed by atoms with Gasteiger partial charge < -0.3 is 0 Å². The van der Waals surface area contributed by atoms with Crippen molar-refractivity contribution < 1.29 is 0 Å². The maximum Gasteiger partial charge on any atom is -0.0357 e. The third-order valence-electron chi connectivity index (χ3n) is 4.04. The Balaban J connectivity index is 2.27. The van der Waals surface area contributed by atoms with Gasteiger partial charge in [0.15, 0.2) is 0 Å². The van der Waals surface area contributed by atoms with Crippen LogP contribution in [0.5, 0.6) is 0 Å². The Morgan fingerprint density at radius 3 is 2.31 bits per heavy atom. The van der Waals surface area contributed by atoms with Gasteiger partial charge in [-0.2, -0.15) is 0 Å². The monoisotopic (exact) mass is 182 g/mol. The molecule has 13 heavy (non-hydrogen) atoms. The fraction of sp³-hybridized carbons (Fsp3) is 1.00. The van der Waals surface area contributed by atoms with Gasteiger partial charge in [-0.3, -0.25) is 0 Å². The summed E-state index contributed by atoms with van der Waals surface area (Å²) in [5, 5.41) is 0. The summed E-state index contributed by atoms with van der Waals surface area (Å²) in [4.78, 5) is 0. The molecule has 1 aliphatic carbocycles. The summed E-state index contributed by atoms with van der Waals surface area (Å²) in [5.41, 5.74) is 0. The molecule has 0 bridgehead atoms. The Morgan fingerprint density at radius 1 is 1.31 bits per heavy atom. The summed E-state index contributed by atoms with van der Waals surface area (Å²) in [6.45, 7) is 9.56. The average molecular weight is 182 g/mol. The van der Waals surface area contributed by atoms with Gasteiger partial charge in [0.05, 0.1) is 0 Å². The van der Waals surface area contributed by atoms with Crippen LogP contribution in [0.25, 0.3) is 0 Å². The van der Waals surface area contributed by atoms with Gasteiger partial charge in [0.25, 0.3) is 0 Å².